The molecule has 33 heavy (non-hydrogen) atoms. The molecule has 2 bridgehead atoms. The maximum absolute atomic E-state index is 13.7. The molecule has 3 N–H and O–H groups in total. The van der Waals surface area contributed by atoms with Crippen LogP contribution in [-0.4, -0.2) is 70.1 Å². The van der Waals surface area contributed by atoms with E-state index in [9.17, 15) is 19.5 Å². The van der Waals surface area contributed by atoms with Gasteiger partial charge in [0.1, 0.15) is 11.8 Å². The summed E-state index contributed by atoms with van der Waals surface area (Å²) < 4.78 is 4.17. The fourth-order valence-electron chi connectivity index (χ4n) is 5.85. The van der Waals surface area contributed by atoms with Crippen LogP contribution in [0.2, 0.25) is 0 Å². The van der Waals surface area contributed by atoms with Crippen LogP contribution in [0.15, 0.2) is 24.3 Å². The van der Waals surface area contributed by atoms with E-state index in [0.29, 0.717) is 30.8 Å². The van der Waals surface area contributed by atoms with Crippen LogP contribution in [0.25, 0.3) is 0 Å². The van der Waals surface area contributed by atoms with E-state index < -0.39 is 22.6 Å². The summed E-state index contributed by atoms with van der Waals surface area (Å²) in [7, 11) is 1.58. The summed E-state index contributed by atoms with van der Waals surface area (Å²) in [4.78, 5) is 42.2. The Bertz CT molecular complexity index is 925. The predicted molar refractivity (Wildman–Crippen MR) is 127 cm³/mol. The first-order valence-electron chi connectivity index (χ1n) is 11.7. The van der Waals surface area contributed by atoms with Gasteiger partial charge < -0.3 is 25.4 Å². The van der Waals surface area contributed by atoms with Gasteiger partial charge in [-0.1, -0.05) is 6.92 Å². The van der Waals surface area contributed by atoms with E-state index >= 15 is 0 Å². The molecule has 0 aliphatic carbocycles. The van der Waals surface area contributed by atoms with E-state index in [2.05, 4.69) is 17.6 Å². The average Bonchev–Trinajstić information content (AvgIpc) is 3.37. The number of rotatable bonds is 9. The van der Waals surface area contributed by atoms with Crippen molar-refractivity contribution in [2.24, 2.45) is 11.8 Å². The number of fused-ring (bicyclic) bond motifs is 1. The zero-order valence-electron chi connectivity index (χ0n) is 19.4. The van der Waals surface area contributed by atoms with E-state index in [0.717, 1.165) is 12.8 Å². The first kappa shape index (κ1) is 23.9. The number of thioether (sulfide) groups is 1. The molecular weight excluding hydrogens is 442 g/mol. The highest BCUT2D eigenvalue weighted by molar-refractivity contribution is 8.02. The number of carbonyl (C=O) groups excluding carboxylic acids is 3. The average molecular weight is 476 g/mol. The lowest BCUT2D eigenvalue weighted by molar-refractivity contribution is -0.140. The number of methoxy groups -OCH3 is 1. The Balaban J connectivity index is 1.67. The van der Waals surface area contributed by atoms with Crippen molar-refractivity contribution in [2.75, 3.05) is 32.1 Å². The highest BCUT2D eigenvalue weighted by Crippen LogP contribution is 2.71. The summed E-state index contributed by atoms with van der Waals surface area (Å²) in [6, 6.07) is 6.38. The second-order valence-electron chi connectivity index (χ2n) is 9.35. The van der Waals surface area contributed by atoms with Crippen molar-refractivity contribution in [1.82, 2.24) is 10.2 Å². The summed E-state index contributed by atoms with van der Waals surface area (Å²) in [5, 5.41) is 15.4. The van der Waals surface area contributed by atoms with Crippen molar-refractivity contribution < 1.29 is 24.2 Å². The number of aliphatic hydroxyl groups excluding tert-OH is 1. The van der Waals surface area contributed by atoms with Crippen LogP contribution in [0.4, 0.5) is 5.69 Å². The number of anilines is 1. The Morgan fingerprint density at radius 3 is 2.61 bits per heavy atom. The fourth-order valence-corrected chi connectivity index (χ4v) is 8.21. The minimum Gasteiger partial charge on any atom is -0.497 e. The van der Waals surface area contributed by atoms with Gasteiger partial charge in [-0.3, -0.25) is 14.4 Å². The third-order valence-electron chi connectivity index (χ3n) is 7.27. The van der Waals surface area contributed by atoms with Crippen molar-refractivity contribution in [3.05, 3.63) is 24.3 Å². The number of hydrogen-bond donors (Lipinski definition) is 3. The van der Waals surface area contributed by atoms with Crippen LogP contribution < -0.4 is 15.4 Å². The highest BCUT2D eigenvalue weighted by atomic mass is 32.2. The Morgan fingerprint density at radius 2 is 1.97 bits per heavy atom. The highest BCUT2D eigenvalue weighted by Gasteiger charge is 2.76. The molecule has 5 atom stereocenters. The molecule has 3 amide bonds. The molecule has 9 heteroatoms. The first-order chi connectivity index (χ1) is 15.8. The maximum atomic E-state index is 13.7. The summed E-state index contributed by atoms with van der Waals surface area (Å²) in [6.45, 7) is 4.84. The Morgan fingerprint density at radius 1 is 1.24 bits per heavy atom. The predicted octanol–water partition coefficient (Wildman–Crippen LogP) is 2.02. The summed E-state index contributed by atoms with van der Waals surface area (Å²) in [5.74, 6) is -0.809. The van der Waals surface area contributed by atoms with Crippen molar-refractivity contribution in [3.63, 3.8) is 0 Å². The Hall–Kier alpha value is -2.26. The minimum atomic E-state index is -0.695. The van der Waals surface area contributed by atoms with Gasteiger partial charge in [-0.25, -0.2) is 0 Å². The van der Waals surface area contributed by atoms with Crippen LogP contribution in [0.1, 0.15) is 39.5 Å². The zero-order valence-corrected chi connectivity index (χ0v) is 20.2. The molecule has 3 saturated heterocycles. The van der Waals surface area contributed by atoms with Crippen LogP contribution in [0.5, 0.6) is 5.75 Å². The Kier molecular flexibility index (Phi) is 6.64. The van der Waals surface area contributed by atoms with Gasteiger partial charge >= 0.3 is 0 Å². The van der Waals surface area contributed by atoms with E-state index in [-0.39, 0.29) is 35.6 Å². The molecule has 1 aromatic carbocycles. The van der Waals surface area contributed by atoms with E-state index in [4.69, 9.17) is 4.74 Å². The minimum absolute atomic E-state index is 0.0699. The second kappa shape index (κ2) is 9.18. The molecule has 3 fully saturated rings. The van der Waals surface area contributed by atoms with Gasteiger partial charge in [0.15, 0.2) is 0 Å². The molecule has 3 heterocycles. The smallest absolute Gasteiger partial charge is 0.248 e. The summed E-state index contributed by atoms with van der Waals surface area (Å²) >= 11 is 1.65. The van der Waals surface area contributed by atoms with Crippen molar-refractivity contribution in [3.8, 4) is 5.75 Å². The van der Waals surface area contributed by atoms with Crippen LogP contribution in [-0.2, 0) is 14.4 Å². The van der Waals surface area contributed by atoms with Crippen LogP contribution in [0.3, 0.4) is 0 Å². The summed E-state index contributed by atoms with van der Waals surface area (Å²) in [5.41, 5.74) is 0.621. The number of carbonyl (C=O) groups is 3. The van der Waals surface area contributed by atoms with E-state index in [1.54, 1.807) is 48.0 Å². The molecule has 3 aliphatic heterocycles. The lowest BCUT2D eigenvalue weighted by atomic mass is 9.66. The van der Waals surface area contributed by atoms with Crippen LogP contribution >= 0.6 is 11.8 Å². The molecule has 0 saturated carbocycles. The van der Waals surface area contributed by atoms with Crippen molar-refractivity contribution in [2.45, 2.75) is 55.1 Å². The van der Waals surface area contributed by atoms with Crippen molar-refractivity contribution in [1.29, 1.82) is 0 Å². The lowest BCUT2D eigenvalue weighted by Gasteiger charge is -2.34. The van der Waals surface area contributed by atoms with Gasteiger partial charge in [0.2, 0.25) is 17.7 Å². The molecule has 0 aromatic heterocycles. The third kappa shape index (κ3) is 3.89. The number of amides is 3. The third-order valence-corrected chi connectivity index (χ3v) is 9.26. The molecule has 0 radical (unpaired) electrons. The molecule has 1 spiro atoms. The molecule has 2 unspecified atom stereocenters. The first-order valence-corrected chi connectivity index (χ1v) is 12.5. The molecule has 180 valence electrons. The molecule has 3 aliphatic rings. The second-order valence-corrected chi connectivity index (χ2v) is 11.2. The number of ether oxygens (including phenoxy) is 1. The number of nitrogens with zero attached hydrogens (tertiary/aromatic N) is 1. The topological polar surface area (TPSA) is 108 Å². The molecule has 1 aromatic rings. The number of hydrogen-bond acceptors (Lipinski definition) is 6. The molecule has 4 rings (SSSR count). The number of benzene rings is 1. The number of aliphatic hydroxyl groups is 1. The number of likely N-dealkylation sites (tertiary alicyclic amines) is 1. The monoisotopic (exact) mass is 475 g/mol. The maximum Gasteiger partial charge on any atom is 0.248 e. The zero-order chi connectivity index (χ0) is 23.8. The fraction of sp³-hybridized carbons (Fsp3) is 0.625. The van der Waals surface area contributed by atoms with Crippen LogP contribution in [0, 0.1) is 11.8 Å². The molecular formula is C24H33N3O5S. The largest absolute Gasteiger partial charge is 0.497 e. The van der Waals surface area contributed by atoms with Gasteiger partial charge in [-0.05, 0) is 56.9 Å². The van der Waals surface area contributed by atoms with E-state index in [1.807, 2.05) is 6.92 Å². The standard InChI is InChI=1S/C24H33N3O5S/c1-4-12-25-20(29)17-18-22(31)27(13-5-14-28)19(24(18)11-10-23(17,2)33-24)21(30)26-15-6-8-16(32-3)9-7-15/h6-9,17-19,28H,4-5,10-14H2,1-3H3,(H,25,29)(H,26,30)/t17-,18+,19?,23+,24?/m1/s1. The van der Waals surface area contributed by atoms with E-state index in [1.165, 1.54) is 0 Å². The van der Waals surface area contributed by atoms with Gasteiger partial charge in [-0.15, -0.1) is 11.8 Å². The SMILES string of the molecule is CCCNC(=O)[C@H]1[C@H]2C(=O)N(CCCO)C(C(=O)Nc3ccc(OC)cc3)C23CC[C@]1(C)S3. The van der Waals surface area contributed by atoms with Gasteiger partial charge in [0.25, 0.3) is 0 Å². The lowest BCUT2D eigenvalue weighted by Crippen LogP contribution is -2.52. The number of nitrogens with one attached hydrogen (secondary N) is 2. The van der Waals surface area contributed by atoms with Gasteiger partial charge in [-0.2, -0.15) is 0 Å². The Labute approximate surface area is 198 Å². The molecule has 8 nitrogen and oxygen atoms in total. The van der Waals surface area contributed by atoms with Crippen molar-refractivity contribution >= 4 is 35.2 Å². The normalized spacial score (nSPS) is 32.1. The summed E-state index contributed by atoms with van der Waals surface area (Å²) in [6.07, 6.45) is 2.70. The quantitative estimate of drug-likeness (QED) is 0.504. The van der Waals surface area contributed by atoms with Gasteiger partial charge in [0.05, 0.1) is 23.7 Å². The van der Waals surface area contributed by atoms with Gasteiger partial charge in [0, 0.05) is 30.1 Å².